The molecule has 0 aliphatic heterocycles. The summed E-state index contributed by atoms with van der Waals surface area (Å²) in [6.45, 7) is 0.996. The summed E-state index contributed by atoms with van der Waals surface area (Å²) in [7, 11) is 7.50. The van der Waals surface area contributed by atoms with Crippen molar-refractivity contribution in [2.75, 3.05) is 41.9 Å². The predicted octanol–water partition coefficient (Wildman–Crippen LogP) is 3.26. The first kappa shape index (κ1) is 19.0. The zero-order valence-electron chi connectivity index (χ0n) is 14.7. The smallest absolute Gasteiger partial charge is 0.374 e. The summed E-state index contributed by atoms with van der Waals surface area (Å²) in [6.07, 6.45) is 11.5. The Labute approximate surface area is 132 Å². The van der Waals surface area contributed by atoms with E-state index in [1.807, 2.05) is 0 Å². The van der Waals surface area contributed by atoms with Crippen LogP contribution in [-0.4, -0.2) is 61.3 Å². The van der Waals surface area contributed by atoms with Crippen molar-refractivity contribution in [2.45, 2.75) is 57.1 Å². The number of hydrogen-bond donors (Lipinski definition) is 0. The summed E-state index contributed by atoms with van der Waals surface area (Å²) in [4.78, 5) is 0. The molecular weight excluding hydrogens is 282 g/mol. The summed E-state index contributed by atoms with van der Waals surface area (Å²) in [5, 5.41) is 0. The fourth-order valence-corrected chi connectivity index (χ4v) is 4.83. The van der Waals surface area contributed by atoms with Crippen LogP contribution in [0, 0.1) is 6.42 Å². The van der Waals surface area contributed by atoms with E-state index in [0.29, 0.717) is 6.10 Å². The van der Waals surface area contributed by atoms with Gasteiger partial charge in [-0.25, -0.2) is 0 Å². The lowest BCUT2D eigenvalue weighted by molar-refractivity contribution is -0.866. The van der Waals surface area contributed by atoms with Gasteiger partial charge in [-0.2, -0.15) is 0 Å². The van der Waals surface area contributed by atoms with Crippen LogP contribution in [-0.2, 0) is 13.3 Å². The first-order valence-electron chi connectivity index (χ1n) is 8.31. The molecule has 1 rings (SSSR count). The first-order chi connectivity index (χ1) is 9.91. The average Bonchev–Trinajstić information content (AvgIpc) is 2.39. The highest BCUT2D eigenvalue weighted by molar-refractivity contribution is 6.61. The molecule has 1 aliphatic rings. The maximum Gasteiger partial charge on any atom is 0.548 e. The molecule has 5 heteroatoms. The van der Waals surface area contributed by atoms with E-state index in [2.05, 4.69) is 27.6 Å². The van der Waals surface area contributed by atoms with Crippen molar-refractivity contribution in [2.24, 2.45) is 0 Å². The fourth-order valence-electron chi connectivity index (χ4n) is 2.81. The Bertz CT molecular complexity index is 269. The molecule has 0 saturated heterocycles. The third-order valence-corrected chi connectivity index (χ3v) is 6.82. The normalized spacial score (nSPS) is 19.1. The molecule has 0 unspecified atom stereocenters. The van der Waals surface area contributed by atoms with Crippen molar-refractivity contribution in [1.82, 2.24) is 0 Å². The Balaban J connectivity index is 2.52. The maximum absolute atomic E-state index is 6.38. The SMILES string of the molecule is CO[Si](C[CH+]C[N+](C)(C)C)(OC)OC1CCCCCCC1. The third kappa shape index (κ3) is 7.65. The second-order valence-electron chi connectivity index (χ2n) is 7.14. The Morgan fingerprint density at radius 1 is 0.952 bits per heavy atom. The van der Waals surface area contributed by atoms with E-state index in [1.54, 1.807) is 14.2 Å². The molecule has 21 heavy (non-hydrogen) atoms. The van der Waals surface area contributed by atoms with Gasteiger partial charge in [0.1, 0.15) is 6.42 Å². The molecule has 0 amide bonds. The molecule has 0 aromatic rings. The summed E-state index contributed by atoms with van der Waals surface area (Å²) >= 11 is 0. The molecule has 0 aromatic heterocycles. The van der Waals surface area contributed by atoms with E-state index in [0.717, 1.165) is 29.9 Å². The first-order valence-corrected chi connectivity index (χ1v) is 10.2. The molecule has 124 valence electrons. The molecule has 1 fully saturated rings. The predicted molar refractivity (Wildman–Crippen MR) is 89.0 cm³/mol. The lowest BCUT2D eigenvalue weighted by Crippen LogP contribution is -2.48. The van der Waals surface area contributed by atoms with Crippen molar-refractivity contribution in [1.29, 1.82) is 0 Å². The highest BCUT2D eigenvalue weighted by atomic mass is 28.4. The van der Waals surface area contributed by atoms with E-state index in [9.17, 15) is 0 Å². The standard InChI is InChI=1S/C16H35NO3Si/c1-17(2,3)14-11-15-21(18-4,19-5)20-16-12-9-7-6-8-10-13-16/h11,16H,6-10,12-15H2,1-5H3/q+2. The summed E-state index contributed by atoms with van der Waals surface area (Å²) in [6, 6.07) is 0.798. The zero-order chi connectivity index (χ0) is 15.8. The lowest BCUT2D eigenvalue weighted by atomic mass is 9.99. The summed E-state index contributed by atoms with van der Waals surface area (Å²) < 4.78 is 18.8. The molecule has 0 radical (unpaired) electrons. The van der Waals surface area contributed by atoms with Crippen LogP contribution in [0.25, 0.3) is 0 Å². The van der Waals surface area contributed by atoms with E-state index in [4.69, 9.17) is 13.3 Å². The van der Waals surface area contributed by atoms with Gasteiger partial charge in [0.05, 0.1) is 21.1 Å². The summed E-state index contributed by atoms with van der Waals surface area (Å²) in [5.74, 6) is 0. The molecule has 1 saturated carbocycles. The number of hydrogen-bond acceptors (Lipinski definition) is 3. The van der Waals surface area contributed by atoms with Gasteiger partial charge < -0.3 is 13.3 Å². The fraction of sp³-hybridized carbons (Fsp3) is 0.938. The van der Waals surface area contributed by atoms with E-state index >= 15 is 0 Å². The lowest BCUT2D eigenvalue weighted by Gasteiger charge is -2.30. The average molecular weight is 318 g/mol. The van der Waals surface area contributed by atoms with Crippen molar-refractivity contribution < 1.29 is 17.8 Å². The minimum absolute atomic E-state index is 0.314. The second-order valence-corrected chi connectivity index (χ2v) is 9.97. The molecule has 0 N–H and O–H groups in total. The molecule has 0 spiro atoms. The van der Waals surface area contributed by atoms with Gasteiger partial charge in [-0.1, -0.05) is 32.1 Å². The molecular formula is C16H35NO3Si+2. The van der Waals surface area contributed by atoms with Crippen molar-refractivity contribution >= 4 is 8.80 Å². The molecule has 1 aliphatic carbocycles. The van der Waals surface area contributed by atoms with Gasteiger partial charge in [-0.3, -0.25) is 4.48 Å². The Kier molecular flexibility index (Phi) is 8.27. The number of quaternary nitrogens is 1. The largest absolute Gasteiger partial charge is 0.548 e. The van der Waals surface area contributed by atoms with Crippen LogP contribution in [0.15, 0.2) is 0 Å². The van der Waals surface area contributed by atoms with Crippen LogP contribution in [0.1, 0.15) is 44.9 Å². The Hall–Kier alpha value is -0.0731. The molecule has 0 atom stereocenters. The molecule has 0 bridgehead atoms. The highest BCUT2D eigenvalue weighted by Gasteiger charge is 2.46. The monoisotopic (exact) mass is 317 g/mol. The van der Waals surface area contributed by atoms with E-state index < -0.39 is 8.80 Å². The van der Waals surface area contributed by atoms with E-state index in [1.165, 1.54) is 32.1 Å². The van der Waals surface area contributed by atoms with Crippen molar-refractivity contribution in [3.8, 4) is 0 Å². The Morgan fingerprint density at radius 3 is 1.95 bits per heavy atom. The molecule has 0 heterocycles. The summed E-state index contributed by atoms with van der Waals surface area (Å²) in [5.41, 5.74) is 0. The van der Waals surface area contributed by atoms with Crippen LogP contribution in [0.5, 0.6) is 0 Å². The zero-order valence-corrected chi connectivity index (χ0v) is 15.7. The molecule has 0 aromatic carbocycles. The van der Waals surface area contributed by atoms with Crippen LogP contribution >= 0.6 is 0 Å². The van der Waals surface area contributed by atoms with E-state index in [-0.39, 0.29) is 0 Å². The van der Waals surface area contributed by atoms with Gasteiger partial charge in [-0.15, -0.1) is 0 Å². The van der Waals surface area contributed by atoms with Gasteiger partial charge in [0.2, 0.25) is 6.54 Å². The van der Waals surface area contributed by atoms with Gasteiger partial charge in [-0.05, 0) is 12.8 Å². The van der Waals surface area contributed by atoms with Crippen molar-refractivity contribution in [3.63, 3.8) is 0 Å². The number of rotatable bonds is 8. The van der Waals surface area contributed by atoms with Crippen LogP contribution in [0.3, 0.4) is 0 Å². The highest BCUT2D eigenvalue weighted by Crippen LogP contribution is 2.25. The Morgan fingerprint density at radius 2 is 1.48 bits per heavy atom. The topological polar surface area (TPSA) is 27.7 Å². The minimum atomic E-state index is -2.53. The third-order valence-electron chi connectivity index (χ3n) is 4.09. The maximum atomic E-state index is 6.38. The van der Waals surface area contributed by atoms with Gasteiger partial charge in [0.15, 0.2) is 6.04 Å². The van der Waals surface area contributed by atoms with Gasteiger partial charge in [0, 0.05) is 20.3 Å². The molecule has 4 nitrogen and oxygen atoms in total. The van der Waals surface area contributed by atoms with Crippen LogP contribution in [0.4, 0.5) is 0 Å². The number of nitrogens with zero attached hydrogens (tertiary/aromatic N) is 1. The van der Waals surface area contributed by atoms with Gasteiger partial charge >= 0.3 is 8.80 Å². The van der Waals surface area contributed by atoms with Crippen LogP contribution < -0.4 is 0 Å². The van der Waals surface area contributed by atoms with Crippen molar-refractivity contribution in [3.05, 3.63) is 6.42 Å². The quantitative estimate of drug-likeness (QED) is 0.391. The minimum Gasteiger partial charge on any atom is -0.374 e. The van der Waals surface area contributed by atoms with Gasteiger partial charge in [0.25, 0.3) is 0 Å². The second kappa shape index (κ2) is 9.15. The van der Waals surface area contributed by atoms with Crippen LogP contribution in [0.2, 0.25) is 6.04 Å².